The first-order valence-corrected chi connectivity index (χ1v) is 7.91. The van der Waals surface area contributed by atoms with Gasteiger partial charge < -0.3 is 14.8 Å². The summed E-state index contributed by atoms with van der Waals surface area (Å²) in [6.45, 7) is 2.10. The lowest BCUT2D eigenvalue weighted by molar-refractivity contribution is 0.0963. The summed E-state index contributed by atoms with van der Waals surface area (Å²) < 4.78 is 1.97. The molecule has 0 aliphatic carbocycles. The lowest BCUT2D eigenvalue weighted by Crippen LogP contribution is -2.19. The summed E-state index contributed by atoms with van der Waals surface area (Å²) in [5.74, 6) is 0.720. The van der Waals surface area contributed by atoms with Crippen molar-refractivity contribution >= 4 is 28.4 Å². The van der Waals surface area contributed by atoms with E-state index in [2.05, 4.69) is 22.2 Å². The summed E-state index contributed by atoms with van der Waals surface area (Å²) >= 11 is 0. The molecule has 2 heterocycles. The molecule has 3 aromatic rings. The van der Waals surface area contributed by atoms with Gasteiger partial charge in [0.25, 0.3) is 5.91 Å². The molecule has 0 saturated heterocycles. The second-order valence-corrected chi connectivity index (χ2v) is 5.72. The lowest BCUT2D eigenvalue weighted by atomic mass is 10.1. The Kier molecular flexibility index (Phi) is 4.20. The smallest absolute Gasteiger partial charge is 0.251 e. The van der Waals surface area contributed by atoms with E-state index in [1.165, 1.54) is 0 Å². The number of imidazole rings is 1. The minimum atomic E-state index is -0.0950. The molecule has 0 saturated carbocycles. The molecule has 0 spiro atoms. The van der Waals surface area contributed by atoms with Crippen LogP contribution in [0.1, 0.15) is 22.8 Å². The van der Waals surface area contributed by atoms with Gasteiger partial charge in [0.05, 0.1) is 18.0 Å². The van der Waals surface area contributed by atoms with Crippen LogP contribution in [0, 0.1) is 0 Å². The number of hydrogen-bond donors (Lipinski definition) is 1. The van der Waals surface area contributed by atoms with Crippen LogP contribution in [-0.4, -0.2) is 34.5 Å². The third kappa shape index (κ3) is 2.71. The largest absolute Gasteiger partial charge is 0.355 e. The molecule has 3 rings (SSSR count). The number of benzene rings is 1. The summed E-state index contributed by atoms with van der Waals surface area (Å²) in [7, 11) is 5.56. The number of carbonyl (C=O) groups is 1. The Morgan fingerprint density at radius 2 is 2.08 bits per heavy atom. The number of aryl methyl sites for hydroxylation is 2. The topological polar surface area (TPSA) is 63.1 Å². The molecule has 1 N–H and O–H groups in total. The minimum Gasteiger partial charge on any atom is -0.355 e. The van der Waals surface area contributed by atoms with Crippen LogP contribution in [0.4, 0.5) is 11.5 Å². The first kappa shape index (κ1) is 16.0. The number of fused-ring (bicyclic) bond motifs is 1. The molecule has 6 heteroatoms. The fourth-order valence-corrected chi connectivity index (χ4v) is 2.79. The summed E-state index contributed by atoms with van der Waals surface area (Å²) in [5, 5.41) is 2.67. The van der Waals surface area contributed by atoms with Gasteiger partial charge in [0.15, 0.2) is 0 Å². The highest BCUT2D eigenvalue weighted by molar-refractivity contribution is 5.95. The van der Waals surface area contributed by atoms with Gasteiger partial charge in [-0.15, -0.1) is 0 Å². The molecule has 0 atom stereocenters. The molecule has 124 valence electrons. The van der Waals surface area contributed by atoms with E-state index in [9.17, 15) is 4.79 Å². The zero-order valence-corrected chi connectivity index (χ0v) is 14.4. The van der Waals surface area contributed by atoms with Gasteiger partial charge in [-0.1, -0.05) is 13.0 Å². The van der Waals surface area contributed by atoms with E-state index in [4.69, 9.17) is 0 Å². The average Bonchev–Trinajstić information content (AvgIpc) is 3.00. The van der Waals surface area contributed by atoms with Crippen molar-refractivity contribution in [2.75, 3.05) is 19.0 Å². The zero-order valence-electron chi connectivity index (χ0n) is 14.4. The summed E-state index contributed by atoms with van der Waals surface area (Å²) in [6, 6.07) is 7.77. The second-order valence-electron chi connectivity index (χ2n) is 5.72. The highest BCUT2D eigenvalue weighted by Crippen LogP contribution is 2.29. The molecule has 1 aromatic carbocycles. The van der Waals surface area contributed by atoms with Crippen molar-refractivity contribution in [3.8, 4) is 0 Å². The van der Waals surface area contributed by atoms with Crippen LogP contribution in [0.2, 0.25) is 0 Å². The Morgan fingerprint density at radius 3 is 2.79 bits per heavy atom. The molecule has 1 amide bonds. The molecule has 2 aromatic heterocycles. The lowest BCUT2D eigenvalue weighted by Gasteiger charge is -2.22. The quantitative estimate of drug-likeness (QED) is 0.802. The van der Waals surface area contributed by atoms with Crippen LogP contribution in [0.5, 0.6) is 0 Å². The molecule has 24 heavy (non-hydrogen) atoms. The number of nitrogens with zero attached hydrogens (tertiary/aromatic N) is 4. The number of nitrogens with one attached hydrogen (secondary N) is 1. The van der Waals surface area contributed by atoms with Crippen LogP contribution in [-0.2, 0) is 13.5 Å². The minimum absolute atomic E-state index is 0.0950. The van der Waals surface area contributed by atoms with Crippen molar-refractivity contribution in [1.29, 1.82) is 0 Å². The number of amides is 1. The van der Waals surface area contributed by atoms with Crippen LogP contribution in [0.3, 0.4) is 0 Å². The van der Waals surface area contributed by atoms with Gasteiger partial charge in [-0.2, -0.15) is 0 Å². The first-order chi connectivity index (χ1) is 11.5. The third-order valence-electron chi connectivity index (χ3n) is 4.26. The molecule has 0 fully saturated rings. The van der Waals surface area contributed by atoms with Gasteiger partial charge in [0.2, 0.25) is 0 Å². The van der Waals surface area contributed by atoms with Crippen molar-refractivity contribution in [3.63, 3.8) is 0 Å². The summed E-state index contributed by atoms with van der Waals surface area (Å²) in [5.41, 5.74) is 4.67. The first-order valence-electron chi connectivity index (χ1n) is 7.91. The molecule has 6 nitrogen and oxygen atoms in total. The zero-order chi connectivity index (χ0) is 17.3. The van der Waals surface area contributed by atoms with Gasteiger partial charge >= 0.3 is 0 Å². The maximum atomic E-state index is 12.0. The third-order valence-corrected chi connectivity index (χ3v) is 4.26. The number of rotatable bonds is 4. The van der Waals surface area contributed by atoms with Gasteiger partial charge in [0.1, 0.15) is 11.3 Å². The number of anilines is 2. The fourth-order valence-electron chi connectivity index (χ4n) is 2.79. The predicted octanol–water partition coefficient (Wildman–Crippen LogP) is 2.66. The van der Waals surface area contributed by atoms with E-state index in [-0.39, 0.29) is 5.91 Å². The molecule has 0 bridgehead atoms. The average molecular weight is 323 g/mol. The van der Waals surface area contributed by atoms with Crippen molar-refractivity contribution < 1.29 is 4.79 Å². The van der Waals surface area contributed by atoms with E-state index in [1.54, 1.807) is 19.6 Å². The molecular weight excluding hydrogens is 302 g/mol. The van der Waals surface area contributed by atoms with E-state index in [0.717, 1.165) is 34.5 Å². The Bertz CT molecular complexity index is 900. The highest BCUT2D eigenvalue weighted by atomic mass is 16.1. The summed E-state index contributed by atoms with van der Waals surface area (Å²) in [6.07, 6.45) is 4.43. The van der Waals surface area contributed by atoms with Gasteiger partial charge in [-0.05, 0) is 24.1 Å². The van der Waals surface area contributed by atoms with Crippen molar-refractivity contribution in [3.05, 3.63) is 47.9 Å². The van der Waals surface area contributed by atoms with E-state index in [0.29, 0.717) is 5.56 Å². The van der Waals surface area contributed by atoms with E-state index in [1.807, 2.05) is 47.8 Å². The standard InChI is InChI=1S/C18H21N5O/c1-5-12-6-7-13(18(24)19-2)8-15(12)23(4)17-9-16-14(10-20-17)21-11-22(16)3/h6-11H,5H2,1-4H3,(H,19,24). The van der Waals surface area contributed by atoms with Crippen LogP contribution in [0.15, 0.2) is 36.8 Å². The van der Waals surface area contributed by atoms with Gasteiger partial charge in [-0.25, -0.2) is 9.97 Å². The maximum Gasteiger partial charge on any atom is 0.251 e. The normalized spacial score (nSPS) is 10.8. The Labute approximate surface area is 141 Å². The van der Waals surface area contributed by atoms with E-state index >= 15 is 0 Å². The molecule has 0 aliphatic heterocycles. The van der Waals surface area contributed by atoms with Crippen LogP contribution < -0.4 is 10.2 Å². The molecule has 0 unspecified atom stereocenters. The Morgan fingerprint density at radius 1 is 1.29 bits per heavy atom. The summed E-state index contributed by atoms with van der Waals surface area (Å²) in [4.78, 5) is 22.8. The van der Waals surface area contributed by atoms with Crippen LogP contribution >= 0.6 is 0 Å². The Hall–Kier alpha value is -2.89. The van der Waals surface area contributed by atoms with Gasteiger partial charge in [-0.3, -0.25) is 4.79 Å². The van der Waals surface area contributed by atoms with Crippen LogP contribution in [0.25, 0.3) is 11.0 Å². The second kappa shape index (κ2) is 6.31. The molecular formula is C18H21N5O. The SMILES string of the molecule is CCc1ccc(C(=O)NC)cc1N(C)c1cc2c(cn1)ncn2C. The van der Waals surface area contributed by atoms with E-state index < -0.39 is 0 Å². The number of carbonyl (C=O) groups excluding carboxylic acids is 1. The van der Waals surface area contributed by atoms with Crippen molar-refractivity contribution in [1.82, 2.24) is 19.9 Å². The molecule has 0 radical (unpaired) electrons. The van der Waals surface area contributed by atoms with Gasteiger partial charge in [0, 0.05) is 38.5 Å². The Balaban J connectivity index is 2.07. The number of pyridine rings is 1. The number of aromatic nitrogens is 3. The predicted molar refractivity (Wildman–Crippen MR) is 95.8 cm³/mol. The highest BCUT2D eigenvalue weighted by Gasteiger charge is 2.14. The maximum absolute atomic E-state index is 12.0. The molecule has 0 aliphatic rings. The van der Waals surface area contributed by atoms with Crippen molar-refractivity contribution in [2.24, 2.45) is 7.05 Å². The van der Waals surface area contributed by atoms with Crippen molar-refractivity contribution in [2.45, 2.75) is 13.3 Å². The number of hydrogen-bond acceptors (Lipinski definition) is 4. The monoisotopic (exact) mass is 323 g/mol. The fraction of sp³-hybridized carbons (Fsp3) is 0.278.